The number of nitrogens with zero attached hydrogens (tertiary/aromatic N) is 2. The molecule has 1 aliphatic rings. The zero-order chi connectivity index (χ0) is 19.2. The van der Waals surface area contributed by atoms with E-state index in [4.69, 9.17) is 0 Å². The summed E-state index contributed by atoms with van der Waals surface area (Å²) in [6.07, 6.45) is 3.05. The highest BCUT2D eigenvalue weighted by Crippen LogP contribution is 2.24. The Bertz CT molecular complexity index is 745. The lowest BCUT2D eigenvalue weighted by molar-refractivity contribution is 0.463. The Kier molecular flexibility index (Phi) is 9.74. The Morgan fingerprint density at radius 3 is 2.78 bits per heavy atom. The van der Waals surface area contributed by atoms with E-state index in [9.17, 15) is 12.8 Å². The van der Waals surface area contributed by atoms with Crippen molar-refractivity contribution >= 4 is 45.6 Å². The second-order valence-corrected chi connectivity index (χ2v) is 8.38. The molecular formula is C17H29FIN5O2S. The average Bonchev–Trinajstić information content (AvgIpc) is 2.59. The lowest BCUT2D eigenvalue weighted by atomic mass is 10.0. The first kappa shape index (κ1) is 23.9. The van der Waals surface area contributed by atoms with Gasteiger partial charge in [0.2, 0.25) is 10.0 Å². The lowest BCUT2D eigenvalue weighted by Crippen LogP contribution is -2.52. The average molecular weight is 513 g/mol. The van der Waals surface area contributed by atoms with Gasteiger partial charge in [-0.15, -0.1) is 24.0 Å². The minimum atomic E-state index is -3.19. The zero-order valence-corrected chi connectivity index (χ0v) is 19.1. The molecule has 0 saturated carbocycles. The van der Waals surface area contributed by atoms with Crippen molar-refractivity contribution in [3.63, 3.8) is 0 Å². The van der Waals surface area contributed by atoms with Gasteiger partial charge in [0.05, 0.1) is 11.9 Å². The number of aryl methyl sites for hydroxylation is 1. The van der Waals surface area contributed by atoms with Crippen LogP contribution in [0.25, 0.3) is 0 Å². The molecule has 0 aromatic heterocycles. The van der Waals surface area contributed by atoms with Gasteiger partial charge in [0, 0.05) is 39.3 Å². The highest BCUT2D eigenvalue weighted by atomic mass is 127. The smallest absolute Gasteiger partial charge is 0.208 e. The summed E-state index contributed by atoms with van der Waals surface area (Å²) in [5.74, 6) is 0.405. The van der Waals surface area contributed by atoms with Crippen LogP contribution in [0.2, 0.25) is 0 Å². The molecule has 1 heterocycles. The molecule has 3 N–H and O–H groups in total. The van der Waals surface area contributed by atoms with Gasteiger partial charge >= 0.3 is 0 Å². The van der Waals surface area contributed by atoms with Gasteiger partial charge in [0.1, 0.15) is 5.82 Å². The molecule has 1 unspecified atom stereocenters. The molecule has 27 heavy (non-hydrogen) atoms. The Balaban J connectivity index is 0.00000364. The van der Waals surface area contributed by atoms with Gasteiger partial charge in [-0.2, -0.15) is 0 Å². The third-order valence-electron chi connectivity index (χ3n) is 4.21. The molecule has 0 spiro atoms. The summed E-state index contributed by atoms with van der Waals surface area (Å²) in [5.41, 5.74) is 1.67. The van der Waals surface area contributed by atoms with Gasteiger partial charge in [-0.3, -0.25) is 4.99 Å². The maximum atomic E-state index is 14.2. The number of guanidine groups is 1. The van der Waals surface area contributed by atoms with Crippen LogP contribution in [0.3, 0.4) is 0 Å². The first-order chi connectivity index (χ1) is 12.3. The Morgan fingerprint density at radius 2 is 2.11 bits per heavy atom. The second-order valence-electron chi connectivity index (χ2n) is 6.55. The molecule has 2 rings (SSSR count). The van der Waals surface area contributed by atoms with Crippen LogP contribution in [0.15, 0.2) is 23.2 Å². The number of aliphatic imine (C=N–C) groups is 1. The Morgan fingerprint density at radius 1 is 1.37 bits per heavy atom. The molecule has 1 aliphatic heterocycles. The molecule has 1 aromatic carbocycles. The van der Waals surface area contributed by atoms with Gasteiger partial charge in [0.15, 0.2) is 5.96 Å². The quantitative estimate of drug-likeness (QED) is 0.232. The van der Waals surface area contributed by atoms with Crippen molar-refractivity contribution < 1.29 is 12.8 Å². The van der Waals surface area contributed by atoms with Crippen LogP contribution in [-0.4, -0.2) is 59.9 Å². The summed E-state index contributed by atoms with van der Waals surface area (Å²) in [6.45, 7) is 4.17. The van der Waals surface area contributed by atoms with Crippen LogP contribution in [0.4, 0.5) is 10.1 Å². The highest BCUT2D eigenvalue weighted by molar-refractivity contribution is 14.0. The van der Waals surface area contributed by atoms with E-state index < -0.39 is 10.0 Å². The first-order valence-electron chi connectivity index (χ1n) is 8.71. The molecule has 154 valence electrons. The van der Waals surface area contributed by atoms with Crippen molar-refractivity contribution in [1.82, 2.24) is 15.4 Å². The lowest BCUT2D eigenvalue weighted by Gasteiger charge is -2.35. The van der Waals surface area contributed by atoms with E-state index in [1.807, 2.05) is 13.0 Å². The Labute approximate surface area is 178 Å². The summed E-state index contributed by atoms with van der Waals surface area (Å²) < 4.78 is 38.7. The van der Waals surface area contributed by atoms with Crippen LogP contribution in [0.1, 0.15) is 18.4 Å². The summed E-state index contributed by atoms with van der Waals surface area (Å²) >= 11 is 0. The third-order valence-corrected chi connectivity index (χ3v) is 4.94. The number of rotatable bonds is 6. The zero-order valence-electron chi connectivity index (χ0n) is 16.0. The van der Waals surface area contributed by atoms with Crippen molar-refractivity contribution in [3.05, 3.63) is 29.6 Å². The normalized spacial score (nSPS) is 18.0. The van der Waals surface area contributed by atoms with Gasteiger partial charge in [0.25, 0.3) is 0 Å². The standard InChI is InChI=1S/C17H28FN5O2S.HI/c1-13-6-7-15(18)16(11-13)23-10-4-5-14(12-23)22-17(19-2)20-8-9-21-26(3,24)25;/h6-7,11,14,21H,4-5,8-10,12H2,1-3H3,(H2,19,20,22);1H. The molecule has 0 amide bonds. The van der Waals surface area contributed by atoms with Crippen LogP contribution in [-0.2, 0) is 10.0 Å². The van der Waals surface area contributed by atoms with E-state index >= 15 is 0 Å². The maximum absolute atomic E-state index is 14.2. The minimum Gasteiger partial charge on any atom is -0.367 e. The van der Waals surface area contributed by atoms with Crippen molar-refractivity contribution in [2.24, 2.45) is 4.99 Å². The van der Waals surface area contributed by atoms with Crippen molar-refractivity contribution in [3.8, 4) is 0 Å². The van der Waals surface area contributed by atoms with Crippen LogP contribution < -0.4 is 20.3 Å². The van der Waals surface area contributed by atoms with Crippen molar-refractivity contribution in [2.75, 3.05) is 44.4 Å². The van der Waals surface area contributed by atoms with E-state index in [-0.39, 0.29) is 42.4 Å². The van der Waals surface area contributed by atoms with E-state index in [2.05, 4.69) is 25.2 Å². The number of hydrogen-bond donors (Lipinski definition) is 3. The molecule has 0 aliphatic carbocycles. The summed E-state index contributed by atoms with van der Waals surface area (Å²) in [4.78, 5) is 6.23. The SMILES string of the molecule is CN=C(NCCNS(C)(=O)=O)NC1CCCN(c2cc(C)ccc2F)C1.I. The second kappa shape index (κ2) is 11.0. The molecular weight excluding hydrogens is 484 g/mol. The molecule has 0 radical (unpaired) electrons. The fourth-order valence-electron chi connectivity index (χ4n) is 2.98. The van der Waals surface area contributed by atoms with E-state index in [0.29, 0.717) is 24.7 Å². The summed E-state index contributed by atoms with van der Waals surface area (Å²) in [6, 6.07) is 5.30. The fraction of sp³-hybridized carbons (Fsp3) is 0.588. The van der Waals surface area contributed by atoms with Crippen molar-refractivity contribution in [1.29, 1.82) is 0 Å². The largest absolute Gasteiger partial charge is 0.367 e. The molecule has 1 atom stereocenters. The molecule has 0 bridgehead atoms. The molecule has 1 aromatic rings. The molecule has 1 fully saturated rings. The number of hydrogen-bond acceptors (Lipinski definition) is 4. The number of piperidine rings is 1. The van der Waals surface area contributed by atoms with Crippen molar-refractivity contribution in [2.45, 2.75) is 25.8 Å². The van der Waals surface area contributed by atoms with Gasteiger partial charge in [-0.25, -0.2) is 17.5 Å². The van der Waals surface area contributed by atoms with Gasteiger partial charge in [-0.05, 0) is 37.5 Å². The molecule has 1 saturated heterocycles. The number of nitrogens with one attached hydrogen (secondary N) is 3. The number of sulfonamides is 1. The van der Waals surface area contributed by atoms with E-state index in [1.54, 1.807) is 13.1 Å². The number of anilines is 1. The predicted molar refractivity (Wildman–Crippen MR) is 119 cm³/mol. The summed E-state index contributed by atoms with van der Waals surface area (Å²) in [7, 11) is -1.53. The molecule has 10 heteroatoms. The van der Waals surface area contributed by atoms with Crippen LogP contribution in [0, 0.1) is 12.7 Å². The maximum Gasteiger partial charge on any atom is 0.208 e. The van der Waals surface area contributed by atoms with Crippen LogP contribution in [0.5, 0.6) is 0 Å². The van der Waals surface area contributed by atoms with Gasteiger partial charge < -0.3 is 15.5 Å². The number of benzene rings is 1. The minimum absolute atomic E-state index is 0. The van der Waals surface area contributed by atoms with E-state index in [1.165, 1.54) is 6.07 Å². The monoisotopic (exact) mass is 513 g/mol. The Hall–Kier alpha value is -1.14. The fourth-order valence-corrected chi connectivity index (χ4v) is 3.46. The van der Waals surface area contributed by atoms with Crippen LogP contribution >= 0.6 is 24.0 Å². The number of halogens is 2. The summed E-state index contributed by atoms with van der Waals surface area (Å²) in [5, 5.41) is 6.42. The topological polar surface area (TPSA) is 85.8 Å². The molecule has 7 nitrogen and oxygen atoms in total. The van der Waals surface area contributed by atoms with Gasteiger partial charge in [-0.1, -0.05) is 6.07 Å². The third kappa shape index (κ3) is 8.18. The predicted octanol–water partition coefficient (Wildman–Crippen LogP) is 1.44. The highest BCUT2D eigenvalue weighted by Gasteiger charge is 2.22. The first-order valence-corrected chi connectivity index (χ1v) is 10.6. The van der Waals surface area contributed by atoms with E-state index in [0.717, 1.165) is 31.2 Å².